The van der Waals surface area contributed by atoms with E-state index in [-0.39, 0.29) is 48.2 Å². The third-order valence-corrected chi connectivity index (χ3v) is 7.99. The van der Waals surface area contributed by atoms with Gasteiger partial charge in [0.15, 0.2) is 0 Å². The zero-order chi connectivity index (χ0) is 26.7. The summed E-state index contributed by atoms with van der Waals surface area (Å²) in [5.74, 6) is -1.08. The van der Waals surface area contributed by atoms with Crippen LogP contribution in [0.5, 0.6) is 0 Å². The molecule has 2 aromatic rings. The van der Waals surface area contributed by atoms with E-state index < -0.39 is 27.5 Å². The van der Waals surface area contributed by atoms with Crippen LogP contribution in [-0.4, -0.2) is 53.5 Å². The molecule has 0 fully saturated rings. The third-order valence-electron chi connectivity index (χ3n) is 6.15. The average Bonchev–Trinajstić information content (AvgIpc) is 2.99. The molecule has 1 aliphatic rings. The highest BCUT2D eigenvalue weighted by atomic mass is 32.2. The molecule has 3 amide bonds. The Morgan fingerprint density at radius 2 is 1.69 bits per heavy atom. The summed E-state index contributed by atoms with van der Waals surface area (Å²) in [7, 11) is -3.93. The Labute approximate surface area is 213 Å². The first-order valence-electron chi connectivity index (χ1n) is 12.2. The number of hydrogen-bond acceptors (Lipinski definition) is 5. The standard InChI is InChI=1S/C27H35N3O5S/c1-6-22(25(32)28-27(3,4)5)29(18-20-13-8-7-12-19(20)2)24(31)16-11-17-30-26(33)21-14-9-10-15-23(21)36(30,34)35/h7-10,12-15,22H,6,11,16-18H2,1-5H3,(H,28,32)/t22-/m1/s1. The van der Waals surface area contributed by atoms with Crippen LogP contribution in [0.15, 0.2) is 53.4 Å². The number of nitrogens with zero attached hydrogens (tertiary/aromatic N) is 2. The molecule has 1 atom stereocenters. The van der Waals surface area contributed by atoms with Crippen LogP contribution >= 0.6 is 0 Å². The molecule has 0 unspecified atom stereocenters. The van der Waals surface area contributed by atoms with Crippen LogP contribution in [0.2, 0.25) is 0 Å². The van der Waals surface area contributed by atoms with Crippen LogP contribution in [0.1, 0.15) is 68.4 Å². The highest BCUT2D eigenvalue weighted by Crippen LogP contribution is 2.30. The zero-order valence-corrected chi connectivity index (χ0v) is 22.4. The molecular formula is C27H35N3O5S. The first-order chi connectivity index (χ1) is 16.9. The van der Waals surface area contributed by atoms with Crippen molar-refractivity contribution in [3.05, 3.63) is 65.2 Å². The molecule has 0 bridgehead atoms. The first-order valence-corrected chi connectivity index (χ1v) is 13.6. The third kappa shape index (κ3) is 5.95. The number of hydrogen-bond donors (Lipinski definition) is 1. The van der Waals surface area contributed by atoms with E-state index in [0.717, 1.165) is 15.4 Å². The van der Waals surface area contributed by atoms with Gasteiger partial charge in [0, 0.05) is 25.0 Å². The number of amides is 3. The van der Waals surface area contributed by atoms with Crippen LogP contribution in [-0.2, 0) is 26.2 Å². The van der Waals surface area contributed by atoms with Crippen molar-refractivity contribution >= 4 is 27.7 Å². The summed E-state index contributed by atoms with van der Waals surface area (Å²) < 4.78 is 26.5. The molecule has 1 aliphatic heterocycles. The van der Waals surface area contributed by atoms with Gasteiger partial charge in [-0.15, -0.1) is 0 Å². The minimum absolute atomic E-state index is 0.000818. The number of fused-ring (bicyclic) bond motifs is 1. The zero-order valence-electron chi connectivity index (χ0n) is 21.6. The molecule has 2 aromatic carbocycles. The minimum atomic E-state index is -3.93. The van der Waals surface area contributed by atoms with Gasteiger partial charge in [-0.25, -0.2) is 12.7 Å². The maximum atomic E-state index is 13.5. The number of carbonyl (C=O) groups is 3. The van der Waals surface area contributed by atoms with Crippen LogP contribution in [0.4, 0.5) is 0 Å². The number of aryl methyl sites for hydroxylation is 1. The maximum absolute atomic E-state index is 13.5. The Kier molecular flexibility index (Phi) is 8.23. The van der Waals surface area contributed by atoms with E-state index in [1.54, 1.807) is 17.0 Å². The average molecular weight is 514 g/mol. The Hall–Kier alpha value is -3.20. The van der Waals surface area contributed by atoms with Gasteiger partial charge in [0.05, 0.1) is 5.56 Å². The van der Waals surface area contributed by atoms with Crippen molar-refractivity contribution in [2.45, 2.75) is 76.9 Å². The van der Waals surface area contributed by atoms with Crippen molar-refractivity contribution in [3.63, 3.8) is 0 Å². The summed E-state index contributed by atoms with van der Waals surface area (Å²) in [4.78, 5) is 40.8. The van der Waals surface area contributed by atoms with E-state index in [1.165, 1.54) is 12.1 Å². The van der Waals surface area contributed by atoms with Gasteiger partial charge in [-0.05, 0) is 63.8 Å². The van der Waals surface area contributed by atoms with Crippen LogP contribution < -0.4 is 5.32 Å². The highest BCUT2D eigenvalue weighted by molar-refractivity contribution is 7.90. The monoisotopic (exact) mass is 513 g/mol. The Morgan fingerprint density at radius 3 is 2.31 bits per heavy atom. The van der Waals surface area contributed by atoms with E-state index in [1.807, 2.05) is 58.9 Å². The molecule has 36 heavy (non-hydrogen) atoms. The second-order valence-electron chi connectivity index (χ2n) is 10.1. The van der Waals surface area contributed by atoms with Gasteiger partial charge in [0.2, 0.25) is 11.8 Å². The summed E-state index contributed by atoms with van der Waals surface area (Å²) in [6.07, 6.45) is 0.577. The van der Waals surface area contributed by atoms with Crippen molar-refractivity contribution in [2.24, 2.45) is 0 Å². The van der Waals surface area contributed by atoms with Crippen molar-refractivity contribution < 1.29 is 22.8 Å². The smallest absolute Gasteiger partial charge is 0.269 e. The van der Waals surface area contributed by atoms with Gasteiger partial charge in [0.25, 0.3) is 15.9 Å². The summed E-state index contributed by atoms with van der Waals surface area (Å²) in [5.41, 5.74) is 1.63. The Bertz CT molecular complexity index is 1250. The molecule has 0 saturated heterocycles. The van der Waals surface area contributed by atoms with Crippen molar-refractivity contribution in [3.8, 4) is 0 Å². The number of benzene rings is 2. The molecule has 0 spiro atoms. The molecule has 8 nitrogen and oxygen atoms in total. The van der Waals surface area contributed by atoms with Crippen LogP contribution in [0.3, 0.4) is 0 Å². The van der Waals surface area contributed by atoms with E-state index >= 15 is 0 Å². The topological polar surface area (TPSA) is 104 Å². The van der Waals surface area contributed by atoms with Gasteiger partial charge in [-0.1, -0.05) is 43.3 Å². The number of rotatable bonds is 9. The largest absolute Gasteiger partial charge is 0.350 e. The minimum Gasteiger partial charge on any atom is -0.350 e. The fourth-order valence-corrected chi connectivity index (χ4v) is 5.92. The summed E-state index contributed by atoms with van der Waals surface area (Å²) in [6.45, 7) is 9.62. The molecule has 194 valence electrons. The van der Waals surface area contributed by atoms with E-state index in [2.05, 4.69) is 5.32 Å². The van der Waals surface area contributed by atoms with Gasteiger partial charge in [-0.3, -0.25) is 14.4 Å². The van der Waals surface area contributed by atoms with Gasteiger partial charge >= 0.3 is 0 Å². The molecule has 3 rings (SSSR count). The number of carbonyl (C=O) groups excluding carboxylic acids is 3. The van der Waals surface area contributed by atoms with E-state index in [4.69, 9.17) is 0 Å². The maximum Gasteiger partial charge on any atom is 0.269 e. The predicted octanol–water partition coefficient (Wildman–Crippen LogP) is 3.64. The van der Waals surface area contributed by atoms with Gasteiger partial charge in [0.1, 0.15) is 10.9 Å². The van der Waals surface area contributed by atoms with Gasteiger partial charge < -0.3 is 10.2 Å². The highest BCUT2D eigenvalue weighted by Gasteiger charge is 2.40. The lowest BCUT2D eigenvalue weighted by atomic mass is 10.0. The molecule has 0 aromatic heterocycles. The molecule has 0 radical (unpaired) electrons. The second-order valence-corrected chi connectivity index (χ2v) is 11.9. The Morgan fingerprint density at radius 1 is 1.06 bits per heavy atom. The normalized spacial score (nSPS) is 15.4. The molecule has 0 aliphatic carbocycles. The molecule has 9 heteroatoms. The van der Waals surface area contributed by atoms with Crippen molar-refractivity contribution in [1.29, 1.82) is 0 Å². The fraction of sp³-hybridized carbons (Fsp3) is 0.444. The quantitative estimate of drug-likeness (QED) is 0.551. The molecular weight excluding hydrogens is 478 g/mol. The predicted molar refractivity (Wildman–Crippen MR) is 138 cm³/mol. The summed E-state index contributed by atoms with van der Waals surface area (Å²) >= 11 is 0. The lowest BCUT2D eigenvalue weighted by Crippen LogP contribution is -2.53. The first kappa shape index (κ1) is 27.4. The van der Waals surface area contributed by atoms with E-state index in [9.17, 15) is 22.8 Å². The lowest BCUT2D eigenvalue weighted by Gasteiger charge is -2.33. The van der Waals surface area contributed by atoms with Crippen molar-refractivity contribution in [1.82, 2.24) is 14.5 Å². The van der Waals surface area contributed by atoms with Crippen molar-refractivity contribution in [2.75, 3.05) is 6.54 Å². The number of sulfonamides is 1. The number of nitrogens with one attached hydrogen (secondary N) is 1. The molecule has 0 saturated carbocycles. The summed E-state index contributed by atoms with van der Waals surface area (Å²) in [5, 5.41) is 2.97. The van der Waals surface area contributed by atoms with Gasteiger partial charge in [-0.2, -0.15) is 0 Å². The lowest BCUT2D eigenvalue weighted by molar-refractivity contribution is -0.142. The fourth-order valence-electron chi connectivity index (χ4n) is 4.31. The second kappa shape index (κ2) is 10.8. The van der Waals surface area contributed by atoms with Crippen LogP contribution in [0.25, 0.3) is 0 Å². The van der Waals surface area contributed by atoms with E-state index in [0.29, 0.717) is 6.42 Å². The molecule has 1 heterocycles. The summed E-state index contributed by atoms with van der Waals surface area (Å²) in [6, 6.07) is 13.1. The van der Waals surface area contributed by atoms with Crippen LogP contribution in [0, 0.1) is 6.92 Å². The Balaban J connectivity index is 1.77. The SMILES string of the molecule is CC[C@H](C(=O)NC(C)(C)C)N(Cc1ccccc1C)C(=O)CCCN1C(=O)c2ccccc2S1(=O)=O. The molecule has 1 N–H and O–H groups in total.